The van der Waals surface area contributed by atoms with Gasteiger partial charge in [-0.15, -0.1) is 0 Å². The quantitative estimate of drug-likeness (QED) is 0.338. The van der Waals surface area contributed by atoms with E-state index in [0.717, 1.165) is 11.8 Å². The van der Waals surface area contributed by atoms with E-state index in [2.05, 4.69) is 11.4 Å². The average molecular weight is 476 g/mol. The number of nitrogens with zero attached hydrogens (tertiary/aromatic N) is 1. The Balaban J connectivity index is 0.00000158. The van der Waals surface area contributed by atoms with Crippen LogP contribution in [0.4, 0.5) is 28.9 Å². The predicted octanol–water partition coefficient (Wildman–Crippen LogP) is 6.78. The van der Waals surface area contributed by atoms with Crippen LogP contribution in [0.2, 0.25) is 0 Å². The van der Waals surface area contributed by atoms with Crippen LogP contribution in [0.25, 0.3) is 0 Å². The largest absolute Gasteiger partial charge is 0.417 e. The van der Waals surface area contributed by atoms with Crippen LogP contribution in [0.5, 0.6) is 0 Å². The van der Waals surface area contributed by atoms with Gasteiger partial charge in [0.25, 0.3) is 0 Å². The minimum absolute atomic E-state index is 0.0979. The van der Waals surface area contributed by atoms with Crippen LogP contribution >= 0.6 is 0 Å². The molecule has 2 aliphatic rings. The number of fused-ring (bicyclic) bond motifs is 3. The Morgan fingerprint density at radius 2 is 1.85 bits per heavy atom. The minimum Gasteiger partial charge on any atom is -0.380 e. The summed E-state index contributed by atoms with van der Waals surface area (Å²) in [7, 11) is 0. The SMILES string of the molecule is CC.N#CC12CC[C@](O)(C(F)(F)F)C[C@H]1CCCc1cc(Nc3ccc(F)cc3)c(C=N)cc12. The highest BCUT2D eigenvalue weighted by atomic mass is 19.4. The summed E-state index contributed by atoms with van der Waals surface area (Å²) in [6, 6.07) is 11.6. The Kier molecular flexibility index (Phi) is 7.37. The molecule has 0 heterocycles. The first-order chi connectivity index (χ1) is 16.1. The first kappa shape index (κ1) is 25.7. The van der Waals surface area contributed by atoms with Gasteiger partial charge in [0.15, 0.2) is 5.60 Å². The molecule has 2 aliphatic carbocycles. The fourth-order valence-electron chi connectivity index (χ4n) is 5.20. The van der Waals surface area contributed by atoms with Crippen LogP contribution in [0, 0.1) is 28.5 Å². The lowest BCUT2D eigenvalue weighted by atomic mass is 9.58. The van der Waals surface area contributed by atoms with Crippen molar-refractivity contribution in [1.29, 1.82) is 10.7 Å². The monoisotopic (exact) mass is 475 g/mol. The highest BCUT2D eigenvalue weighted by Gasteiger charge is 2.61. The first-order valence-electron chi connectivity index (χ1n) is 11.5. The first-order valence-corrected chi connectivity index (χ1v) is 11.5. The summed E-state index contributed by atoms with van der Waals surface area (Å²) in [6.45, 7) is 4.00. The number of nitrogens with one attached hydrogen (secondary N) is 2. The Bertz CT molecular complexity index is 1080. The molecule has 8 heteroatoms. The van der Waals surface area contributed by atoms with Crippen molar-refractivity contribution in [3.8, 4) is 6.07 Å². The molecule has 1 unspecified atom stereocenters. The maximum atomic E-state index is 13.5. The number of aliphatic hydroxyl groups is 1. The van der Waals surface area contributed by atoms with Crippen LogP contribution in [0.1, 0.15) is 62.6 Å². The maximum Gasteiger partial charge on any atom is 0.417 e. The number of alkyl halides is 3. The van der Waals surface area contributed by atoms with Crippen LogP contribution in [-0.2, 0) is 11.8 Å². The Morgan fingerprint density at radius 1 is 1.18 bits per heavy atom. The van der Waals surface area contributed by atoms with Crippen LogP contribution < -0.4 is 5.32 Å². The molecule has 4 rings (SSSR count). The number of aryl methyl sites for hydroxylation is 1. The molecule has 0 amide bonds. The molecule has 0 aromatic heterocycles. The number of hydrogen-bond acceptors (Lipinski definition) is 4. The van der Waals surface area contributed by atoms with Gasteiger partial charge in [0, 0.05) is 23.2 Å². The molecule has 3 N–H and O–H groups in total. The van der Waals surface area contributed by atoms with E-state index < -0.39 is 36.0 Å². The highest BCUT2D eigenvalue weighted by molar-refractivity contribution is 5.88. The molecule has 4 nitrogen and oxygen atoms in total. The van der Waals surface area contributed by atoms with E-state index in [1.54, 1.807) is 18.2 Å². The fraction of sp³-hybridized carbons (Fsp3) is 0.462. The van der Waals surface area contributed by atoms with Crippen molar-refractivity contribution in [2.45, 2.75) is 69.6 Å². The normalized spacial score (nSPS) is 26.0. The molecule has 3 atom stereocenters. The van der Waals surface area contributed by atoms with Gasteiger partial charge in [-0.1, -0.05) is 13.8 Å². The van der Waals surface area contributed by atoms with Crippen LogP contribution in [0.15, 0.2) is 36.4 Å². The molecule has 0 radical (unpaired) electrons. The Labute approximate surface area is 197 Å². The molecule has 0 aliphatic heterocycles. The lowest BCUT2D eigenvalue weighted by Gasteiger charge is -2.46. The van der Waals surface area contributed by atoms with Gasteiger partial charge in [0.2, 0.25) is 0 Å². The van der Waals surface area contributed by atoms with Crippen molar-refractivity contribution < 1.29 is 22.7 Å². The molecule has 2 aromatic carbocycles. The molecular weight excluding hydrogens is 446 g/mol. The summed E-state index contributed by atoms with van der Waals surface area (Å²) in [6.07, 6.45) is -3.17. The van der Waals surface area contributed by atoms with Gasteiger partial charge in [0.05, 0.1) is 11.5 Å². The lowest BCUT2D eigenvalue weighted by Crippen LogP contribution is -2.54. The smallest absolute Gasteiger partial charge is 0.380 e. The number of hydrogen-bond donors (Lipinski definition) is 3. The van der Waals surface area contributed by atoms with E-state index in [0.29, 0.717) is 41.8 Å². The summed E-state index contributed by atoms with van der Waals surface area (Å²) in [4.78, 5) is 0. The van der Waals surface area contributed by atoms with Gasteiger partial charge >= 0.3 is 6.18 Å². The third-order valence-electron chi connectivity index (χ3n) is 6.97. The second-order valence-corrected chi connectivity index (χ2v) is 8.78. The van der Waals surface area contributed by atoms with Crippen LogP contribution in [0.3, 0.4) is 0 Å². The zero-order valence-electron chi connectivity index (χ0n) is 19.3. The van der Waals surface area contributed by atoms with E-state index in [1.807, 2.05) is 19.9 Å². The highest BCUT2D eigenvalue weighted by Crippen LogP contribution is 2.55. The van der Waals surface area contributed by atoms with E-state index in [4.69, 9.17) is 5.41 Å². The number of nitriles is 1. The standard InChI is InChI=1S/C24H23F4N3O.C2H6/c25-18-4-6-19(7-5-18)31-21-11-15-2-1-3-17-12-23(32,24(26,27)28)9-8-22(17,14-30)20(15)10-16(21)13-29;1-2/h4-7,10-11,13,17,29,31-32H,1-3,8-9,12H2;1-2H3/t17-,22?,23-;/m1./s1. The number of halogens is 4. The zero-order valence-corrected chi connectivity index (χ0v) is 19.3. The van der Waals surface area contributed by atoms with Gasteiger partial charge in [-0.3, -0.25) is 0 Å². The Hall–Kier alpha value is -2.92. The lowest BCUT2D eigenvalue weighted by molar-refractivity contribution is -0.277. The van der Waals surface area contributed by atoms with Crippen LogP contribution in [-0.4, -0.2) is 23.1 Å². The molecule has 2 aromatic rings. The second kappa shape index (κ2) is 9.75. The van der Waals surface area contributed by atoms with Crippen molar-refractivity contribution in [3.05, 3.63) is 58.9 Å². The summed E-state index contributed by atoms with van der Waals surface area (Å²) in [5.74, 6) is -1.01. The topological polar surface area (TPSA) is 79.9 Å². The van der Waals surface area contributed by atoms with Gasteiger partial charge in [-0.25, -0.2) is 4.39 Å². The Morgan fingerprint density at radius 3 is 2.44 bits per heavy atom. The summed E-state index contributed by atoms with van der Waals surface area (Å²) in [5.41, 5.74) is -0.702. The minimum atomic E-state index is -4.74. The van der Waals surface area contributed by atoms with Gasteiger partial charge in [0.1, 0.15) is 5.82 Å². The molecule has 1 fully saturated rings. The van der Waals surface area contributed by atoms with E-state index in [-0.39, 0.29) is 12.2 Å². The van der Waals surface area contributed by atoms with Gasteiger partial charge in [-0.2, -0.15) is 18.4 Å². The third-order valence-corrected chi connectivity index (χ3v) is 6.97. The average Bonchev–Trinajstić information content (AvgIpc) is 2.97. The molecule has 0 saturated heterocycles. The number of anilines is 2. The van der Waals surface area contributed by atoms with E-state index >= 15 is 0 Å². The molecule has 182 valence electrons. The molecular formula is C26H29F4N3O. The molecule has 1 saturated carbocycles. The number of rotatable bonds is 3. The molecule has 34 heavy (non-hydrogen) atoms. The van der Waals surface area contributed by atoms with E-state index in [9.17, 15) is 27.9 Å². The van der Waals surface area contributed by atoms with Gasteiger partial charge in [-0.05, 0) is 92.0 Å². The van der Waals surface area contributed by atoms with E-state index in [1.165, 1.54) is 12.1 Å². The van der Waals surface area contributed by atoms with Crippen molar-refractivity contribution in [3.63, 3.8) is 0 Å². The number of benzene rings is 2. The summed E-state index contributed by atoms with van der Waals surface area (Å²) >= 11 is 0. The molecule has 0 bridgehead atoms. The third kappa shape index (κ3) is 4.54. The molecule has 0 spiro atoms. The van der Waals surface area contributed by atoms with Crippen molar-refractivity contribution in [2.75, 3.05) is 5.32 Å². The summed E-state index contributed by atoms with van der Waals surface area (Å²) < 4.78 is 53.8. The second-order valence-electron chi connectivity index (χ2n) is 8.78. The van der Waals surface area contributed by atoms with Crippen molar-refractivity contribution in [1.82, 2.24) is 0 Å². The summed E-state index contributed by atoms with van der Waals surface area (Å²) in [5, 5.41) is 31.5. The zero-order chi connectivity index (χ0) is 25.1. The maximum absolute atomic E-state index is 13.5. The van der Waals surface area contributed by atoms with Crippen molar-refractivity contribution in [2.24, 2.45) is 5.92 Å². The fourth-order valence-corrected chi connectivity index (χ4v) is 5.20. The van der Waals surface area contributed by atoms with Crippen molar-refractivity contribution >= 4 is 17.6 Å². The predicted molar refractivity (Wildman–Crippen MR) is 124 cm³/mol. The van der Waals surface area contributed by atoms with Gasteiger partial charge < -0.3 is 15.8 Å².